The van der Waals surface area contributed by atoms with Gasteiger partial charge in [-0.2, -0.15) is 0 Å². The molecule has 2 nitrogen and oxygen atoms in total. The summed E-state index contributed by atoms with van der Waals surface area (Å²) in [6, 6.07) is 7.79. The van der Waals surface area contributed by atoms with Crippen LogP contribution in [0.15, 0.2) is 24.3 Å². The topological polar surface area (TPSA) is 29.5 Å². The lowest BCUT2D eigenvalue weighted by atomic mass is 10.1. The van der Waals surface area contributed by atoms with Crippen LogP contribution in [-0.4, -0.2) is 11.2 Å². The molecule has 0 aromatic heterocycles. The minimum Gasteiger partial charge on any atom is -0.491 e. The van der Waals surface area contributed by atoms with Crippen LogP contribution in [0, 0.1) is 5.92 Å². The molecule has 0 heterocycles. The molecule has 0 saturated heterocycles. The Kier molecular flexibility index (Phi) is 2.47. The summed E-state index contributed by atoms with van der Waals surface area (Å²) in [5.74, 6) is 1.21. The van der Waals surface area contributed by atoms with Crippen molar-refractivity contribution in [1.82, 2.24) is 0 Å². The van der Waals surface area contributed by atoms with Gasteiger partial charge in [-0.25, -0.2) is 0 Å². The van der Waals surface area contributed by atoms with E-state index in [-0.39, 0.29) is 6.10 Å². The van der Waals surface area contributed by atoms with Gasteiger partial charge in [-0.3, -0.25) is 0 Å². The summed E-state index contributed by atoms with van der Waals surface area (Å²) < 4.78 is 5.60. The third kappa shape index (κ3) is 2.00. The molecule has 1 aromatic rings. The lowest BCUT2D eigenvalue weighted by Gasteiger charge is -2.14. The van der Waals surface area contributed by atoms with E-state index >= 15 is 0 Å². The first kappa shape index (κ1) is 10.5. The van der Waals surface area contributed by atoms with Gasteiger partial charge in [0.25, 0.3) is 0 Å². The van der Waals surface area contributed by atoms with Gasteiger partial charge in [-0.05, 0) is 43.9 Å². The van der Waals surface area contributed by atoms with Crippen LogP contribution in [0.1, 0.15) is 32.8 Å². The molecule has 0 radical (unpaired) electrons. The van der Waals surface area contributed by atoms with Crippen LogP contribution in [0.2, 0.25) is 0 Å². The Morgan fingerprint density at radius 1 is 1.47 bits per heavy atom. The maximum Gasteiger partial charge on any atom is 0.120 e. The van der Waals surface area contributed by atoms with Gasteiger partial charge < -0.3 is 9.84 Å². The van der Waals surface area contributed by atoms with Gasteiger partial charge in [-0.15, -0.1) is 0 Å². The Labute approximate surface area is 90.9 Å². The van der Waals surface area contributed by atoms with Crippen molar-refractivity contribution in [2.75, 3.05) is 0 Å². The average molecular weight is 206 g/mol. The van der Waals surface area contributed by atoms with Crippen LogP contribution in [0.3, 0.4) is 0 Å². The molecule has 82 valence electrons. The van der Waals surface area contributed by atoms with E-state index in [0.717, 1.165) is 17.7 Å². The van der Waals surface area contributed by atoms with E-state index in [0.29, 0.717) is 5.92 Å². The molecule has 2 atom stereocenters. The highest BCUT2D eigenvalue weighted by Gasteiger charge is 2.50. The summed E-state index contributed by atoms with van der Waals surface area (Å²) in [5, 5.41) is 10.2. The zero-order chi connectivity index (χ0) is 11.1. The molecule has 2 unspecified atom stereocenters. The number of hydrogen-bond donors (Lipinski definition) is 1. The molecule has 15 heavy (non-hydrogen) atoms. The van der Waals surface area contributed by atoms with Crippen LogP contribution < -0.4 is 4.74 Å². The van der Waals surface area contributed by atoms with Gasteiger partial charge in [0, 0.05) is 0 Å². The minimum absolute atomic E-state index is 0.173. The first-order chi connectivity index (χ1) is 7.02. The highest BCUT2D eigenvalue weighted by atomic mass is 16.5. The Balaban J connectivity index is 2.20. The maximum atomic E-state index is 10.2. The monoisotopic (exact) mass is 206 g/mol. The standard InChI is InChI=1S/C13H18O2/c1-9(2)15-12-6-4-5-11(7-12)13(14)8-10(13)3/h4-7,9-10,14H,8H2,1-3H3. The van der Waals surface area contributed by atoms with E-state index in [2.05, 4.69) is 6.92 Å². The first-order valence-corrected chi connectivity index (χ1v) is 5.52. The van der Waals surface area contributed by atoms with E-state index in [1.54, 1.807) is 0 Å². The Bertz CT molecular complexity index is 359. The van der Waals surface area contributed by atoms with E-state index in [9.17, 15) is 5.11 Å². The molecular weight excluding hydrogens is 188 g/mol. The van der Waals surface area contributed by atoms with Gasteiger partial charge in [0.15, 0.2) is 0 Å². The molecule has 1 saturated carbocycles. The fraction of sp³-hybridized carbons (Fsp3) is 0.538. The normalized spacial score (nSPS) is 29.3. The molecule has 2 heteroatoms. The molecule has 1 aromatic carbocycles. The van der Waals surface area contributed by atoms with Crippen LogP contribution in [0.5, 0.6) is 5.75 Å². The van der Waals surface area contributed by atoms with Crippen LogP contribution in [0.4, 0.5) is 0 Å². The van der Waals surface area contributed by atoms with Crippen molar-refractivity contribution in [1.29, 1.82) is 0 Å². The van der Waals surface area contributed by atoms with Gasteiger partial charge in [-0.1, -0.05) is 19.1 Å². The van der Waals surface area contributed by atoms with Crippen molar-refractivity contribution in [3.05, 3.63) is 29.8 Å². The molecule has 1 aliphatic carbocycles. The maximum absolute atomic E-state index is 10.2. The van der Waals surface area contributed by atoms with E-state index < -0.39 is 5.60 Å². The van der Waals surface area contributed by atoms with Crippen molar-refractivity contribution in [2.45, 2.75) is 38.9 Å². The second kappa shape index (κ2) is 3.53. The summed E-state index contributed by atoms with van der Waals surface area (Å²) in [6.07, 6.45) is 1.03. The van der Waals surface area contributed by atoms with Gasteiger partial charge in [0.2, 0.25) is 0 Å². The Morgan fingerprint density at radius 2 is 2.13 bits per heavy atom. The third-order valence-electron chi connectivity index (χ3n) is 2.98. The number of rotatable bonds is 3. The van der Waals surface area contributed by atoms with Crippen molar-refractivity contribution in [3.8, 4) is 5.75 Å². The van der Waals surface area contributed by atoms with Crippen LogP contribution in [-0.2, 0) is 5.60 Å². The van der Waals surface area contributed by atoms with Crippen LogP contribution in [0.25, 0.3) is 0 Å². The average Bonchev–Trinajstić information content (AvgIpc) is 2.75. The molecule has 1 fully saturated rings. The third-order valence-corrected chi connectivity index (χ3v) is 2.98. The molecular formula is C13H18O2. The van der Waals surface area contributed by atoms with Crippen LogP contribution >= 0.6 is 0 Å². The molecule has 0 spiro atoms. The van der Waals surface area contributed by atoms with Crippen molar-refractivity contribution >= 4 is 0 Å². The minimum atomic E-state index is -0.601. The SMILES string of the molecule is CC(C)Oc1cccc(C2(O)CC2C)c1. The first-order valence-electron chi connectivity index (χ1n) is 5.52. The zero-order valence-corrected chi connectivity index (χ0v) is 9.53. The summed E-state index contributed by atoms with van der Waals surface area (Å²) in [7, 11) is 0. The predicted molar refractivity (Wildman–Crippen MR) is 59.9 cm³/mol. The molecule has 0 amide bonds. The summed E-state index contributed by atoms with van der Waals surface area (Å²) >= 11 is 0. The van der Waals surface area contributed by atoms with E-state index in [1.165, 1.54) is 0 Å². The predicted octanol–water partition coefficient (Wildman–Crippen LogP) is 2.70. The zero-order valence-electron chi connectivity index (χ0n) is 9.53. The number of hydrogen-bond acceptors (Lipinski definition) is 2. The molecule has 2 rings (SSSR count). The number of benzene rings is 1. The number of ether oxygens (including phenoxy) is 1. The second-order valence-corrected chi connectivity index (χ2v) is 4.72. The van der Waals surface area contributed by atoms with Gasteiger partial charge in [0.1, 0.15) is 5.75 Å². The summed E-state index contributed by atoms with van der Waals surface area (Å²) in [5.41, 5.74) is 0.379. The van der Waals surface area contributed by atoms with Gasteiger partial charge >= 0.3 is 0 Å². The molecule has 0 aliphatic heterocycles. The Morgan fingerprint density at radius 3 is 2.67 bits per heavy atom. The highest BCUT2D eigenvalue weighted by molar-refractivity contribution is 5.36. The fourth-order valence-electron chi connectivity index (χ4n) is 1.92. The van der Waals surface area contributed by atoms with E-state index in [4.69, 9.17) is 4.74 Å². The van der Waals surface area contributed by atoms with E-state index in [1.807, 2.05) is 38.1 Å². The lowest BCUT2D eigenvalue weighted by Crippen LogP contribution is -2.09. The quantitative estimate of drug-likeness (QED) is 0.824. The molecule has 0 bridgehead atoms. The summed E-state index contributed by atoms with van der Waals surface area (Å²) in [6.45, 7) is 6.07. The largest absolute Gasteiger partial charge is 0.491 e. The molecule has 1 aliphatic rings. The van der Waals surface area contributed by atoms with Crippen molar-refractivity contribution in [2.24, 2.45) is 5.92 Å². The van der Waals surface area contributed by atoms with Gasteiger partial charge in [0.05, 0.1) is 11.7 Å². The van der Waals surface area contributed by atoms with Crippen molar-refractivity contribution in [3.63, 3.8) is 0 Å². The van der Waals surface area contributed by atoms with Crippen molar-refractivity contribution < 1.29 is 9.84 Å². The summed E-state index contributed by atoms with van der Waals surface area (Å²) in [4.78, 5) is 0. The smallest absolute Gasteiger partial charge is 0.120 e. The second-order valence-electron chi connectivity index (χ2n) is 4.72. The molecule has 1 N–H and O–H groups in total. The number of aliphatic hydroxyl groups is 1. The lowest BCUT2D eigenvalue weighted by molar-refractivity contribution is 0.134. The fourth-order valence-corrected chi connectivity index (χ4v) is 1.92. The highest BCUT2D eigenvalue weighted by Crippen LogP contribution is 2.51. The Hall–Kier alpha value is -1.02.